The lowest BCUT2D eigenvalue weighted by Crippen LogP contribution is -2.61. The molecule has 14 heteroatoms. The van der Waals surface area contributed by atoms with E-state index in [9.17, 15) is 32.4 Å². The van der Waals surface area contributed by atoms with E-state index in [1.54, 1.807) is 6.08 Å². The molecular formula is C37H58N6O7S. The number of Topliss-reactive ketones (excluding diaryl/α,β-unsaturated/α-hetero) is 1. The molecule has 0 aromatic carbocycles. The van der Waals surface area contributed by atoms with Crippen molar-refractivity contribution in [2.45, 2.75) is 116 Å². The number of urea groups is 1. The fourth-order valence-corrected chi connectivity index (χ4v) is 9.23. The van der Waals surface area contributed by atoms with Gasteiger partial charge in [-0.1, -0.05) is 72.0 Å². The Kier molecular flexibility index (Phi) is 14.1. The van der Waals surface area contributed by atoms with Crippen molar-refractivity contribution in [3.8, 4) is 0 Å². The lowest BCUT2D eigenvalue weighted by molar-refractivity contribution is -0.144. The van der Waals surface area contributed by atoms with Crippen LogP contribution in [0.15, 0.2) is 31.0 Å². The molecule has 13 nitrogen and oxygen atoms in total. The second kappa shape index (κ2) is 17.8. The molecule has 5 atom stereocenters. The highest BCUT2D eigenvalue weighted by Crippen LogP contribution is 2.33. The maximum absolute atomic E-state index is 14.6. The maximum Gasteiger partial charge on any atom is 0.315 e. The van der Waals surface area contributed by atoms with E-state index < -0.39 is 75.1 Å². The third-order valence-corrected chi connectivity index (χ3v) is 12.9. The number of carbonyl (C=O) groups is 5. The summed E-state index contributed by atoms with van der Waals surface area (Å²) in [4.78, 5) is 69.9. The average Bonchev–Trinajstić information content (AvgIpc) is 3.64. The fourth-order valence-electron chi connectivity index (χ4n) is 7.69. The minimum Gasteiger partial charge on any atom is -0.346 e. The van der Waals surface area contributed by atoms with Crippen molar-refractivity contribution < 1.29 is 32.4 Å². The SMILES string of the molecule is C=C=C[C@H]1CCN(C(=O)[C@@H](NC(=O)N[C@H](CN2CCCS2(=O)=O)C(C)(C)C)C2CCCCC2)[C@@H]1C(=O)NC(CC1CCC1)C(=O)C(=O)NCC=C. The molecular weight excluding hydrogens is 673 g/mol. The first-order valence-corrected chi connectivity index (χ1v) is 20.2. The van der Waals surface area contributed by atoms with Gasteiger partial charge in [0.25, 0.3) is 5.91 Å². The summed E-state index contributed by atoms with van der Waals surface area (Å²) in [7, 11) is -3.39. The monoisotopic (exact) mass is 730 g/mol. The zero-order valence-electron chi connectivity index (χ0n) is 30.6. The van der Waals surface area contributed by atoms with Crippen LogP contribution in [0.2, 0.25) is 0 Å². The molecule has 4 fully saturated rings. The molecule has 0 aromatic rings. The lowest BCUT2D eigenvalue weighted by Gasteiger charge is -2.37. The molecule has 5 amide bonds. The molecule has 2 heterocycles. The fraction of sp³-hybridized carbons (Fsp3) is 0.730. The van der Waals surface area contributed by atoms with Crippen LogP contribution in [0.1, 0.15) is 91.4 Å². The van der Waals surface area contributed by atoms with E-state index in [-0.39, 0.29) is 37.2 Å². The highest BCUT2D eigenvalue weighted by Gasteiger charge is 2.46. The number of nitrogens with one attached hydrogen (secondary N) is 4. The van der Waals surface area contributed by atoms with Crippen molar-refractivity contribution in [3.05, 3.63) is 31.0 Å². The normalized spacial score (nSPS) is 24.3. The van der Waals surface area contributed by atoms with Crippen molar-refractivity contribution in [2.24, 2.45) is 23.2 Å². The number of hydrogen-bond acceptors (Lipinski definition) is 7. The van der Waals surface area contributed by atoms with Crippen molar-refractivity contribution in [2.75, 3.05) is 31.9 Å². The van der Waals surface area contributed by atoms with Crippen molar-refractivity contribution in [3.63, 3.8) is 0 Å². The van der Waals surface area contributed by atoms with Gasteiger partial charge >= 0.3 is 6.03 Å². The molecule has 2 saturated carbocycles. The van der Waals surface area contributed by atoms with E-state index in [0.717, 1.165) is 51.4 Å². The molecule has 4 N–H and O–H groups in total. The Morgan fingerprint density at radius 3 is 2.20 bits per heavy atom. The summed E-state index contributed by atoms with van der Waals surface area (Å²) < 4.78 is 26.6. The van der Waals surface area contributed by atoms with Crippen molar-refractivity contribution >= 4 is 39.6 Å². The number of ketones is 1. The van der Waals surface area contributed by atoms with Crippen LogP contribution in [0.4, 0.5) is 4.79 Å². The summed E-state index contributed by atoms with van der Waals surface area (Å²) in [5.41, 5.74) is 2.27. The number of nitrogens with zero attached hydrogens (tertiary/aromatic N) is 2. The quantitative estimate of drug-likeness (QED) is 0.114. The summed E-state index contributed by atoms with van der Waals surface area (Å²) in [6.07, 6.45) is 11.6. The predicted octanol–water partition coefficient (Wildman–Crippen LogP) is 2.79. The van der Waals surface area contributed by atoms with Crippen molar-refractivity contribution in [1.29, 1.82) is 0 Å². The Hall–Kier alpha value is -3.48. The standard InChI is InChI=1S/C37H58N6O7S/c1-6-13-27-18-21-43(31(27)33(45)39-28(23-25-14-11-15-25)32(44)34(46)38-19-7-2)35(47)30(26-16-9-8-10-17-26)41-36(48)40-29(37(3,4)5)24-42-20-12-22-51(42,49)50/h7,13,25-31H,1-2,8-12,14-24H2,3-5H3,(H,38,46)(H,39,45)(H2,40,41,48)/t27-,28?,29+,30-,31-/m0/s1. The van der Waals surface area contributed by atoms with Gasteiger partial charge in [0.2, 0.25) is 27.6 Å². The van der Waals surface area contributed by atoms with Crippen LogP contribution in [0.3, 0.4) is 0 Å². The van der Waals surface area contributed by atoms with Gasteiger partial charge in [0.05, 0.1) is 11.8 Å². The van der Waals surface area contributed by atoms with Crippen LogP contribution in [0.25, 0.3) is 0 Å². The highest BCUT2D eigenvalue weighted by molar-refractivity contribution is 7.89. The molecule has 0 radical (unpaired) electrons. The maximum atomic E-state index is 14.6. The molecule has 0 spiro atoms. The van der Waals surface area contributed by atoms with E-state index in [1.807, 2.05) is 20.8 Å². The second-order valence-corrected chi connectivity index (χ2v) is 17.8. The third kappa shape index (κ3) is 10.5. The number of hydrogen-bond donors (Lipinski definition) is 4. The second-order valence-electron chi connectivity index (χ2n) is 15.7. The van der Waals surface area contributed by atoms with Gasteiger partial charge in [0, 0.05) is 38.1 Å². The van der Waals surface area contributed by atoms with E-state index in [2.05, 4.69) is 40.2 Å². The molecule has 0 aromatic heterocycles. The summed E-state index contributed by atoms with van der Waals surface area (Å²) in [6.45, 7) is 13.9. The first kappa shape index (κ1) is 40.3. The van der Waals surface area contributed by atoms with Crippen LogP contribution in [0, 0.1) is 23.2 Å². The highest BCUT2D eigenvalue weighted by atomic mass is 32.2. The van der Waals surface area contributed by atoms with Gasteiger partial charge in [-0.15, -0.1) is 12.3 Å². The molecule has 2 aliphatic carbocycles. The number of sulfonamides is 1. The lowest BCUT2D eigenvalue weighted by atomic mass is 9.80. The molecule has 1 unspecified atom stereocenters. The van der Waals surface area contributed by atoms with Crippen LogP contribution in [-0.2, 0) is 29.2 Å². The van der Waals surface area contributed by atoms with Crippen molar-refractivity contribution in [1.82, 2.24) is 30.5 Å². The molecule has 284 valence electrons. The Bertz CT molecular complexity index is 1460. The summed E-state index contributed by atoms with van der Waals surface area (Å²) >= 11 is 0. The first-order chi connectivity index (χ1) is 24.2. The molecule has 4 aliphatic rings. The van der Waals surface area contributed by atoms with Crippen LogP contribution >= 0.6 is 0 Å². The zero-order chi connectivity index (χ0) is 37.3. The number of carbonyl (C=O) groups excluding carboxylic acids is 5. The average molecular weight is 731 g/mol. The van der Waals surface area contributed by atoms with Gasteiger partial charge < -0.3 is 26.2 Å². The Labute approximate surface area is 303 Å². The summed E-state index contributed by atoms with van der Waals surface area (Å²) in [5, 5.41) is 11.3. The predicted molar refractivity (Wildman–Crippen MR) is 195 cm³/mol. The smallest absolute Gasteiger partial charge is 0.315 e. The number of likely N-dealkylation sites (tertiary alicyclic amines) is 1. The minimum atomic E-state index is -3.39. The minimum absolute atomic E-state index is 0.0823. The third-order valence-electron chi connectivity index (χ3n) is 11.0. The van der Waals surface area contributed by atoms with Gasteiger partial charge in [-0.2, -0.15) is 4.31 Å². The Morgan fingerprint density at radius 2 is 1.63 bits per heavy atom. The molecule has 2 saturated heterocycles. The molecule has 4 rings (SSSR count). The van der Waals surface area contributed by atoms with E-state index in [1.165, 1.54) is 15.3 Å². The molecule has 0 bridgehead atoms. The zero-order valence-corrected chi connectivity index (χ0v) is 31.4. The first-order valence-electron chi connectivity index (χ1n) is 18.6. The van der Waals surface area contributed by atoms with Crippen LogP contribution in [0.5, 0.6) is 0 Å². The summed E-state index contributed by atoms with van der Waals surface area (Å²) in [6, 6.07) is -4.09. The van der Waals surface area contributed by atoms with Crippen LogP contribution in [-0.4, -0.2) is 103 Å². The van der Waals surface area contributed by atoms with Gasteiger partial charge in [-0.05, 0) is 55.4 Å². The van der Waals surface area contributed by atoms with Gasteiger partial charge in [0.15, 0.2) is 0 Å². The van der Waals surface area contributed by atoms with Crippen LogP contribution < -0.4 is 21.3 Å². The largest absolute Gasteiger partial charge is 0.346 e. The molecule has 51 heavy (non-hydrogen) atoms. The Balaban J connectivity index is 1.56. The number of amides is 5. The topological polar surface area (TPSA) is 174 Å². The van der Waals surface area contributed by atoms with E-state index >= 15 is 0 Å². The van der Waals surface area contributed by atoms with Gasteiger partial charge in [0.1, 0.15) is 12.1 Å². The van der Waals surface area contributed by atoms with Gasteiger partial charge in [-0.25, -0.2) is 13.2 Å². The summed E-state index contributed by atoms with van der Waals surface area (Å²) in [5.74, 6) is -2.79. The van der Waals surface area contributed by atoms with Gasteiger partial charge in [-0.3, -0.25) is 19.2 Å². The number of rotatable bonds is 15. The van der Waals surface area contributed by atoms with E-state index in [4.69, 9.17) is 0 Å². The Morgan fingerprint density at radius 1 is 0.922 bits per heavy atom. The van der Waals surface area contributed by atoms with E-state index in [0.29, 0.717) is 25.8 Å². The molecule has 2 aliphatic heterocycles.